The first-order valence-electron chi connectivity index (χ1n) is 16.1. The van der Waals surface area contributed by atoms with Crippen molar-refractivity contribution < 1.29 is 29.0 Å². The molecule has 4 aliphatic rings. The van der Waals surface area contributed by atoms with Crippen LogP contribution in [0.3, 0.4) is 0 Å². The number of methoxy groups -OCH3 is 1. The lowest BCUT2D eigenvalue weighted by atomic mass is 9.91. The zero-order chi connectivity index (χ0) is 34.2. The molecule has 0 bridgehead atoms. The molecule has 14 heteroatoms. The van der Waals surface area contributed by atoms with Gasteiger partial charge in [0.15, 0.2) is 11.6 Å². The highest BCUT2D eigenvalue weighted by Crippen LogP contribution is 2.35. The number of ether oxygens (including phenoxy) is 1. The highest BCUT2D eigenvalue weighted by Gasteiger charge is 2.40. The minimum atomic E-state index is -1.01. The molecule has 0 radical (unpaired) electrons. The lowest BCUT2D eigenvalue weighted by molar-refractivity contribution is -0.137. The number of anilines is 3. The molecule has 252 valence electrons. The molecule has 1 unspecified atom stereocenters. The topological polar surface area (TPSA) is 193 Å². The number of imide groups is 1. The molecule has 1 aromatic carbocycles. The molecular formula is C34H40N8O6. The molecule has 5 heterocycles. The molecule has 7 rings (SSSR count). The molecule has 2 aromatic heterocycles. The number of pyridine rings is 1. The molecule has 2 fully saturated rings. The number of aliphatic hydroxyl groups is 1. The zero-order valence-corrected chi connectivity index (χ0v) is 27.2. The third kappa shape index (κ3) is 6.58. The van der Waals surface area contributed by atoms with Crippen molar-refractivity contribution >= 4 is 41.0 Å². The summed E-state index contributed by atoms with van der Waals surface area (Å²) in [6, 6.07) is 8.33. The van der Waals surface area contributed by atoms with Crippen molar-refractivity contribution in [1.82, 2.24) is 25.2 Å². The average molecular weight is 657 g/mol. The van der Waals surface area contributed by atoms with Crippen LogP contribution >= 0.6 is 0 Å². The number of nitrogens with zero attached hydrogens (tertiary/aromatic N) is 5. The van der Waals surface area contributed by atoms with E-state index in [1.54, 1.807) is 57.6 Å². The van der Waals surface area contributed by atoms with Crippen molar-refractivity contribution in [2.75, 3.05) is 29.6 Å². The first-order chi connectivity index (χ1) is 22.9. The van der Waals surface area contributed by atoms with Gasteiger partial charge < -0.3 is 25.8 Å². The van der Waals surface area contributed by atoms with Crippen molar-refractivity contribution in [2.45, 2.75) is 82.7 Å². The van der Waals surface area contributed by atoms with Crippen LogP contribution in [0.2, 0.25) is 0 Å². The summed E-state index contributed by atoms with van der Waals surface area (Å²) >= 11 is 0. The van der Waals surface area contributed by atoms with Gasteiger partial charge in [-0.05, 0) is 70.2 Å². The maximum Gasteiger partial charge on any atom is 0.255 e. The van der Waals surface area contributed by atoms with E-state index in [-0.39, 0.29) is 42.8 Å². The van der Waals surface area contributed by atoms with Crippen molar-refractivity contribution in [3.05, 3.63) is 59.5 Å². The summed E-state index contributed by atoms with van der Waals surface area (Å²) in [4.78, 5) is 64.9. The van der Waals surface area contributed by atoms with E-state index in [1.807, 2.05) is 11.0 Å². The van der Waals surface area contributed by atoms with Crippen LogP contribution in [-0.4, -0.2) is 80.4 Å². The van der Waals surface area contributed by atoms with E-state index in [0.717, 1.165) is 36.8 Å². The SMILES string of the molecule is COC1CCC(N2C(=O)CNc3ncc(-c4ccc(C(C)(C)O)nc4)nc32)CC1.Nc1cccc2c1CN(C1CCC(=O)NC1=O)C2=O. The third-order valence-electron chi connectivity index (χ3n) is 9.30. The predicted octanol–water partition coefficient (Wildman–Crippen LogP) is 2.51. The molecule has 4 amide bonds. The third-order valence-corrected chi connectivity index (χ3v) is 9.30. The number of nitrogens with two attached hydrogens (primary N) is 1. The van der Waals surface area contributed by atoms with Gasteiger partial charge in [0.2, 0.25) is 17.7 Å². The molecule has 0 spiro atoms. The molecule has 1 aliphatic carbocycles. The van der Waals surface area contributed by atoms with E-state index >= 15 is 0 Å². The largest absolute Gasteiger partial charge is 0.398 e. The number of amides is 4. The molecule has 3 aromatic rings. The summed E-state index contributed by atoms with van der Waals surface area (Å²) in [5, 5.41) is 15.4. The lowest BCUT2D eigenvalue weighted by Gasteiger charge is -2.38. The molecular weight excluding hydrogens is 616 g/mol. The highest BCUT2D eigenvalue weighted by atomic mass is 16.5. The van der Waals surface area contributed by atoms with E-state index in [4.69, 9.17) is 15.5 Å². The van der Waals surface area contributed by atoms with E-state index in [2.05, 4.69) is 20.6 Å². The molecule has 3 aliphatic heterocycles. The number of carbonyl (C=O) groups is 4. The Kier molecular flexibility index (Phi) is 9.12. The molecule has 1 atom stereocenters. The summed E-state index contributed by atoms with van der Waals surface area (Å²) in [5.41, 5.74) is 8.72. The molecule has 1 saturated carbocycles. The van der Waals surface area contributed by atoms with E-state index in [9.17, 15) is 24.3 Å². The number of piperidine rings is 1. The van der Waals surface area contributed by atoms with Gasteiger partial charge in [0.1, 0.15) is 11.6 Å². The van der Waals surface area contributed by atoms with E-state index < -0.39 is 17.6 Å². The summed E-state index contributed by atoms with van der Waals surface area (Å²) in [7, 11) is 1.74. The van der Waals surface area contributed by atoms with Gasteiger partial charge in [-0.2, -0.15) is 0 Å². The number of fused-ring (bicyclic) bond motifs is 2. The standard InChI is InChI=1S/C21H27N5O3.C13H13N3O3/c1-21(2,28)17-9-4-13(10-22-17)16-11-23-19-20(25-16)26(18(27)12-24-19)14-5-7-15(29-3)8-6-14;14-9-3-1-2-7-8(9)6-16(13(7)19)10-4-5-11(17)15-12(10)18/h4,9-11,14-15,28H,5-8,12H2,1-3H3,(H,23,24);1-3,10H,4-6,14H2,(H,15,17,18). The number of benzene rings is 1. The monoisotopic (exact) mass is 656 g/mol. The van der Waals surface area contributed by atoms with E-state index in [1.165, 1.54) is 4.90 Å². The van der Waals surface area contributed by atoms with Crippen LogP contribution < -0.4 is 21.3 Å². The smallest absolute Gasteiger partial charge is 0.255 e. The number of hydrogen-bond acceptors (Lipinski definition) is 11. The Labute approximate surface area is 278 Å². The summed E-state index contributed by atoms with van der Waals surface area (Å²) < 4.78 is 5.47. The Morgan fingerprint density at radius 2 is 1.77 bits per heavy atom. The lowest BCUT2D eigenvalue weighted by Crippen LogP contribution is -2.52. The van der Waals surface area contributed by atoms with Crippen molar-refractivity contribution in [3.63, 3.8) is 0 Å². The van der Waals surface area contributed by atoms with Crippen LogP contribution in [0.1, 0.15) is 74.0 Å². The second kappa shape index (κ2) is 13.3. The predicted molar refractivity (Wildman–Crippen MR) is 176 cm³/mol. The van der Waals surface area contributed by atoms with Crippen LogP contribution in [0.5, 0.6) is 0 Å². The molecule has 14 nitrogen and oxygen atoms in total. The Balaban J connectivity index is 0.000000182. The Bertz CT molecular complexity index is 1730. The molecule has 5 N–H and O–H groups in total. The van der Waals surface area contributed by atoms with Crippen LogP contribution in [-0.2, 0) is 31.3 Å². The summed E-state index contributed by atoms with van der Waals surface area (Å²) in [6.07, 6.45) is 7.89. The number of nitrogens with one attached hydrogen (secondary N) is 2. The van der Waals surface area contributed by atoms with Gasteiger partial charge >= 0.3 is 0 Å². The quantitative estimate of drug-likeness (QED) is 0.233. The van der Waals surface area contributed by atoms with Crippen LogP contribution in [0.4, 0.5) is 17.3 Å². The summed E-state index contributed by atoms with van der Waals surface area (Å²) in [5.74, 6) is 0.326. The Morgan fingerprint density at radius 3 is 2.42 bits per heavy atom. The number of rotatable bonds is 5. The first kappa shape index (κ1) is 33.0. The minimum absolute atomic E-state index is 0.0142. The minimum Gasteiger partial charge on any atom is -0.398 e. The normalized spacial score (nSPS) is 22.3. The number of carbonyl (C=O) groups excluding carboxylic acids is 4. The van der Waals surface area contributed by atoms with Gasteiger partial charge in [-0.15, -0.1) is 0 Å². The first-order valence-corrected chi connectivity index (χ1v) is 16.1. The Morgan fingerprint density at radius 1 is 1.00 bits per heavy atom. The van der Waals surface area contributed by atoms with Gasteiger partial charge in [0.25, 0.3) is 5.91 Å². The van der Waals surface area contributed by atoms with Crippen molar-refractivity contribution in [3.8, 4) is 11.3 Å². The highest BCUT2D eigenvalue weighted by molar-refractivity contribution is 6.06. The second-order valence-electron chi connectivity index (χ2n) is 13.0. The fraction of sp³-hybridized carbons (Fsp3) is 0.441. The van der Waals surface area contributed by atoms with Gasteiger partial charge in [-0.25, -0.2) is 9.97 Å². The summed E-state index contributed by atoms with van der Waals surface area (Å²) in [6.45, 7) is 3.95. The maximum absolute atomic E-state index is 12.7. The second-order valence-corrected chi connectivity index (χ2v) is 13.0. The van der Waals surface area contributed by atoms with Crippen molar-refractivity contribution in [2.24, 2.45) is 0 Å². The van der Waals surface area contributed by atoms with Crippen LogP contribution in [0.25, 0.3) is 11.3 Å². The van der Waals surface area contributed by atoms with Gasteiger partial charge in [0.05, 0.1) is 30.2 Å². The van der Waals surface area contributed by atoms with Gasteiger partial charge in [0, 0.05) is 54.7 Å². The molecule has 48 heavy (non-hydrogen) atoms. The fourth-order valence-corrected chi connectivity index (χ4v) is 6.61. The Hall–Kier alpha value is -4.95. The van der Waals surface area contributed by atoms with Crippen LogP contribution in [0, 0.1) is 0 Å². The fourth-order valence-electron chi connectivity index (χ4n) is 6.61. The van der Waals surface area contributed by atoms with Crippen molar-refractivity contribution in [1.29, 1.82) is 0 Å². The average Bonchev–Trinajstić information content (AvgIpc) is 3.41. The maximum atomic E-state index is 12.7. The molecule has 1 saturated heterocycles. The van der Waals surface area contributed by atoms with Crippen LogP contribution in [0.15, 0.2) is 42.7 Å². The number of hydrogen-bond donors (Lipinski definition) is 4. The van der Waals surface area contributed by atoms with E-state index in [0.29, 0.717) is 47.2 Å². The number of aromatic nitrogens is 3. The van der Waals surface area contributed by atoms with Gasteiger partial charge in [-0.3, -0.25) is 34.4 Å². The van der Waals surface area contributed by atoms with Gasteiger partial charge in [-0.1, -0.05) is 6.07 Å². The number of nitrogen functional groups attached to an aromatic ring is 1. The zero-order valence-electron chi connectivity index (χ0n) is 27.2.